The SMILES string of the molecule is CC[CH]CC.[Cl][Zn]1[N]2C=C[N]1C2. The second-order valence-electron chi connectivity index (χ2n) is 3.10. The summed E-state index contributed by atoms with van der Waals surface area (Å²) in [6, 6.07) is 0. The zero-order valence-electron chi connectivity index (χ0n) is 7.83. The molecule has 0 atom stereocenters. The molecule has 2 nitrogen and oxygen atoms in total. The first-order valence-corrected chi connectivity index (χ1v) is 11.2. The number of hydrogen-bond acceptors (Lipinski definition) is 2. The summed E-state index contributed by atoms with van der Waals surface area (Å²) in [5, 5.41) is 0. The maximum atomic E-state index is 5.91. The zero-order valence-corrected chi connectivity index (χ0v) is 11.6. The van der Waals surface area contributed by atoms with E-state index in [4.69, 9.17) is 9.69 Å². The van der Waals surface area contributed by atoms with Gasteiger partial charge >= 0.3 is 51.5 Å². The molecule has 0 amide bonds. The van der Waals surface area contributed by atoms with Crippen molar-refractivity contribution in [3.8, 4) is 0 Å². The van der Waals surface area contributed by atoms with Crippen molar-refractivity contribution in [2.45, 2.75) is 26.7 Å². The van der Waals surface area contributed by atoms with Crippen LogP contribution >= 0.6 is 9.69 Å². The number of unbranched alkanes of at least 4 members (excludes halogenated alkanes) is 2. The molecular weight excluding hydrogens is 225 g/mol. The quantitative estimate of drug-likeness (QED) is 0.684. The Morgan fingerprint density at radius 2 is 1.83 bits per heavy atom. The normalized spacial score (nSPS) is 17.4. The van der Waals surface area contributed by atoms with Gasteiger partial charge in [-0.3, -0.25) is 0 Å². The van der Waals surface area contributed by atoms with Gasteiger partial charge in [0.15, 0.2) is 0 Å². The molecule has 3 heterocycles. The molecule has 0 aromatic carbocycles. The van der Waals surface area contributed by atoms with Crippen LogP contribution in [-0.4, -0.2) is 14.0 Å². The molecule has 12 heavy (non-hydrogen) atoms. The Morgan fingerprint density at radius 3 is 1.92 bits per heavy atom. The summed E-state index contributed by atoms with van der Waals surface area (Å²) in [4.78, 5) is 0. The Kier molecular flexibility index (Phi) is 4.38. The standard InChI is InChI=1S/C5H11.C3H4N2.ClH.Zn/c1-3-5-4-2;1-2-5-3-4-1;;/h5H,3-4H2,1-2H3;1-2H,3H2;1H;/q;-2;;+3/p-1. The van der Waals surface area contributed by atoms with Crippen LogP contribution in [0.25, 0.3) is 0 Å². The average molecular weight is 240 g/mol. The second kappa shape index (κ2) is 5.08. The molecule has 66 valence electrons. The summed E-state index contributed by atoms with van der Waals surface area (Å²) < 4.78 is 4.53. The topological polar surface area (TPSA) is 6.48 Å². The Hall–Kier alpha value is 0.253. The van der Waals surface area contributed by atoms with Crippen molar-refractivity contribution >= 4 is 9.69 Å². The van der Waals surface area contributed by atoms with Crippen LogP contribution < -0.4 is 0 Å². The van der Waals surface area contributed by atoms with E-state index >= 15 is 0 Å². The zero-order chi connectivity index (χ0) is 8.97. The maximum absolute atomic E-state index is 5.91. The number of hydrogen-bond donors (Lipinski definition) is 0. The molecule has 0 saturated carbocycles. The van der Waals surface area contributed by atoms with E-state index in [1.54, 1.807) is 0 Å². The van der Waals surface area contributed by atoms with E-state index < -0.39 is 15.4 Å². The Labute approximate surface area is 84.6 Å². The van der Waals surface area contributed by atoms with E-state index in [0.29, 0.717) is 0 Å². The predicted octanol–water partition coefficient (Wildman–Crippen LogP) is 2.66. The first-order valence-electron chi connectivity index (χ1n) is 4.61. The van der Waals surface area contributed by atoms with Gasteiger partial charge in [0.25, 0.3) is 0 Å². The first kappa shape index (κ1) is 10.3. The molecule has 3 aliphatic rings. The predicted molar refractivity (Wildman–Crippen MR) is 48.4 cm³/mol. The van der Waals surface area contributed by atoms with Crippen LogP contribution in [0.3, 0.4) is 0 Å². The van der Waals surface area contributed by atoms with E-state index in [9.17, 15) is 0 Å². The molecule has 1 radical (unpaired) electrons. The summed E-state index contributed by atoms with van der Waals surface area (Å²) in [5.74, 6) is 0. The molecule has 0 N–H and O–H groups in total. The van der Waals surface area contributed by atoms with Crippen molar-refractivity contribution in [1.82, 2.24) is 7.29 Å². The van der Waals surface area contributed by atoms with Gasteiger partial charge in [-0.15, -0.1) is 0 Å². The van der Waals surface area contributed by atoms with Crippen LogP contribution in [0.15, 0.2) is 12.4 Å². The molecule has 1 fully saturated rings. The van der Waals surface area contributed by atoms with Crippen LogP contribution in [-0.2, 0) is 15.4 Å². The van der Waals surface area contributed by atoms with Gasteiger partial charge in [-0.2, -0.15) is 0 Å². The van der Waals surface area contributed by atoms with Crippen molar-refractivity contribution in [2.24, 2.45) is 0 Å². The first-order chi connectivity index (χ1) is 5.79. The van der Waals surface area contributed by atoms with E-state index in [0.717, 1.165) is 6.67 Å². The molecule has 3 aliphatic heterocycles. The summed E-state index contributed by atoms with van der Waals surface area (Å²) in [6.45, 7) is 5.40. The van der Waals surface area contributed by atoms with Crippen molar-refractivity contribution in [2.75, 3.05) is 6.67 Å². The fraction of sp³-hybridized carbons (Fsp3) is 0.625. The van der Waals surface area contributed by atoms with Gasteiger partial charge in [0, 0.05) is 0 Å². The fourth-order valence-electron chi connectivity index (χ4n) is 1.25. The number of nitrogens with zero attached hydrogens (tertiary/aromatic N) is 2. The Bertz CT molecular complexity index is 149. The fourth-order valence-corrected chi connectivity index (χ4v) is 5.89. The van der Waals surface area contributed by atoms with E-state index in [-0.39, 0.29) is 0 Å². The molecule has 2 bridgehead atoms. The van der Waals surface area contributed by atoms with Crippen LogP contribution in [0.5, 0.6) is 0 Å². The summed E-state index contributed by atoms with van der Waals surface area (Å²) in [7, 11) is 5.91. The van der Waals surface area contributed by atoms with Gasteiger partial charge in [0.05, 0.1) is 0 Å². The van der Waals surface area contributed by atoms with Gasteiger partial charge in [0.1, 0.15) is 0 Å². The molecule has 0 aliphatic carbocycles. The van der Waals surface area contributed by atoms with Gasteiger partial charge < -0.3 is 0 Å². The van der Waals surface area contributed by atoms with Gasteiger partial charge in [0.2, 0.25) is 0 Å². The minimum atomic E-state index is -1.60. The van der Waals surface area contributed by atoms with Crippen molar-refractivity contribution in [1.29, 1.82) is 0 Å². The van der Waals surface area contributed by atoms with Crippen LogP contribution in [0.4, 0.5) is 0 Å². The van der Waals surface area contributed by atoms with E-state index in [1.807, 2.05) is 0 Å². The molecule has 3 rings (SSSR count). The molecule has 0 spiro atoms. The molecule has 0 aromatic rings. The minimum absolute atomic E-state index is 1.09. The Balaban J connectivity index is 0.000000130. The van der Waals surface area contributed by atoms with E-state index in [2.05, 4.69) is 40.0 Å². The summed E-state index contributed by atoms with van der Waals surface area (Å²) in [6.07, 6.45) is 8.87. The van der Waals surface area contributed by atoms with Crippen molar-refractivity contribution in [3.05, 3.63) is 18.8 Å². The summed E-state index contributed by atoms with van der Waals surface area (Å²) >= 11 is -1.60. The van der Waals surface area contributed by atoms with Crippen LogP contribution in [0, 0.1) is 6.42 Å². The number of rotatable bonds is 2. The third-order valence-electron chi connectivity index (χ3n) is 2.10. The third kappa shape index (κ3) is 2.37. The molecule has 1 saturated heterocycles. The number of halogens is 1. The Morgan fingerprint density at radius 1 is 1.33 bits per heavy atom. The molecule has 0 aromatic heterocycles. The van der Waals surface area contributed by atoms with Gasteiger partial charge in [-0.1, -0.05) is 26.7 Å². The van der Waals surface area contributed by atoms with Crippen molar-refractivity contribution in [3.63, 3.8) is 0 Å². The molecule has 4 heteroatoms. The summed E-state index contributed by atoms with van der Waals surface area (Å²) in [5.41, 5.74) is 0. The second-order valence-corrected chi connectivity index (χ2v) is 10.6. The molecule has 0 unspecified atom stereocenters. The van der Waals surface area contributed by atoms with Gasteiger partial charge in [-0.25, -0.2) is 0 Å². The van der Waals surface area contributed by atoms with Crippen LogP contribution in [0.2, 0.25) is 0 Å². The average Bonchev–Trinajstić information content (AvgIpc) is 2.66. The van der Waals surface area contributed by atoms with Crippen molar-refractivity contribution < 1.29 is 15.4 Å². The third-order valence-corrected chi connectivity index (χ3v) is 9.83. The van der Waals surface area contributed by atoms with Gasteiger partial charge in [-0.05, 0) is 6.42 Å². The van der Waals surface area contributed by atoms with E-state index in [1.165, 1.54) is 12.8 Å². The monoisotopic (exact) mass is 238 g/mol. The molecular formula is C8H15ClN2Zn. The van der Waals surface area contributed by atoms with Crippen LogP contribution in [0.1, 0.15) is 26.7 Å².